The number of benzene rings is 1. The molecule has 8 nitrogen and oxygen atoms in total. The Bertz CT molecular complexity index is 798. The van der Waals surface area contributed by atoms with Crippen LogP contribution in [-0.2, 0) is 4.79 Å². The summed E-state index contributed by atoms with van der Waals surface area (Å²) in [5.41, 5.74) is 2.18. The molecule has 1 aromatic carbocycles. The third kappa shape index (κ3) is 2.23. The minimum Gasteiger partial charge on any atom is -0.345 e. The number of aromatic amines is 1. The highest BCUT2D eigenvalue weighted by molar-refractivity contribution is 6.02. The molecule has 0 bridgehead atoms. The number of carbonyl (C=O) groups excluding carboxylic acids is 3. The molecule has 0 aliphatic carbocycles. The zero-order chi connectivity index (χ0) is 16.0. The molecule has 2 aliphatic rings. The minimum absolute atomic E-state index is 0.0414. The van der Waals surface area contributed by atoms with E-state index in [2.05, 4.69) is 15.3 Å². The fourth-order valence-electron chi connectivity index (χ4n) is 3.19. The van der Waals surface area contributed by atoms with Crippen LogP contribution in [0.15, 0.2) is 24.5 Å². The summed E-state index contributed by atoms with van der Waals surface area (Å²) in [6.45, 7) is 0.945. The normalized spacial score (nSPS) is 21.3. The van der Waals surface area contributed by atoms with Crippen LogP contribution < -0.4 is 5.32 Å². The Morgan fingerprint density at radius 1 is 1.30 bits per heavy atom. The van der Waals surface area contributed by atoms with Crippen molar-refractivity contribution >= 4 is 28.9 Å². The number of hydrogen-bond donors (Lipinski definition) is 2. The van der Waals surface area contributed by atoms with Gasteiger partial charge >= 0.3 is 6.03 Å². The molecule has 0 saturated carbocycles. The van der Waals surface area contributed by atoms with Gasteiger partial charge in [-0.2, -0.15) is 0 Å². The first-order valence-electron chi connectivity index (χ1n) is 7.46. The number of nitrogens with one attached hydrogen (secondary N) is 2. The van der Waals surface area contributed by atoms with Crippen molar-refractivity contribution in [1.82, 2.24) is 25.1 Å². The molecular formula is C15H15N5O3. The van der Waals surface area contributed by atoms with Crippen LogP contribution in [0.25, 0.3) is 11.0 Å². The van der Waals surface area contributed by atoms with E-state index in [1.807, 2.05) is 0 Å². The van der Waals surface area contributed by atoms with Crippen molar-refractivity contribution in [3.8, 4) is 0 Å². The summed E-state index contributed by atoms with van der Waals surface area (Å²) in [5.74, 6) is -0.329. The Kier molecular flexibility index (Phi) is 3.03. The molecule has 8 heteroatoms. The second-order valence-corrected chi connectivity index (χ2v) is 5.75. The van der Waals surface area contributed by atoms with Crippen LogP contribution in [0.2, 0.25) is 0 Å². The number of urea groups is 1. The SMILES string of the molecule is O=C(c1ccc2nc[nH]c2c1)N1CCC(N2C(=O)CNC2=O)C1. The number of imide groups is 1. The first kappa shape index (κ1) is 13.7. The van der Waals surface area contributed by atoms with Gasteiger partial charge in [-0.25, -0.2) is 9.78 Å². The van der Waals surface area contributed by atoms with Crippen LogP contribution in [0.5, 0.6) is 0 Å². The number of rotatable bonds is 2. The highest BCUT2D eigenvalue weighted by Crippen LogP contribution is 2.21. The standard InChI is InChI=1S/C15H15N5O3/c21-13-6-16-15(23)20(13)10-3-4-19(7-10)14(22)9-1-2-11-12(5-9)18-8-17-11/h1-2,5,8,10H,3-4,6-7H2,(H,16,23)(H,17,18). The molecular weight excluding hydrogens is 298 g/mol. The van der Waals surface area contributed by atoms with E-state index in [4.69, 9.17) is 0 Å². The lowest BCUT2D eigenvalue weighted by atomic mass is 10.2. The maximum absolute atomic E-state index is 12.6. The molecule has 118 valence electrons. The number of amides is 4. The number of hydrogen-bond acceptors (Lipinski definition) is 4. The summed E-state index contributed by atoms with van der Waals surface area (Å²) in [6.07, 6.45) is 2.19. The van der Waals surface area contributed by atoms with Gasteiger partial charge in [0.15, 0.2) is 0 Å². The van der Waals surface area contributed by atoms with Crippen molar-refractivity contribution in [1.29, 1.82) is 0 Å². The summed E-state index contributed by atoms with van der Waals surface area (Å²) in [4.78, 5) is 46.1. The maximum atomic E-state index is 12.6. The molecule has 1 unspecified atom stereocenters. The Hall–Kier alpha value is -2.90. The molecule has 2 aliphatic heterocycles. The van der Waals surface area contributed by atoms with Crippen molar-refractivity contribution in [3.05, 3.63) is 30.1 Å². The van der Waals surface area contributed by atoms with Gasteiger partial charge in [0.1, 0.15) is 0 Å². The molecule has 0 spiro atoms. The first-order chi connectivity index (χ1) is 11.1. The molecule has 1 aromatic heterocycles. The second-order valence-electron chi connectivity index (χ2n) is 5.75. The largest absolute Gasteiger partial charge is 0.345 e. The second kappa shape index (κ2) is 5.08. The van der Waals surface area contributed by atoms with Crippen molar-refractivity contribution in [2.75, 3.05) is 19.6 Å². The average molecular weight is 313 g/mol. The summed E-state index contributed by atoms with van der Waals surface area (Å²) in [7, 11) is 0. The predicted molar refractivity (Wildman–Crippen MR) is 80.6 cm³/mol. The number of H-pyrrole nitrogens is 1. The summed E-state index contributed by atoms with van der Waals surface area (Å²) in [6, 6.07) is 4.69. The van der Waals surface area contributed by atoms with E-state index in [1.54, 1.807) is 29.4 Å². The molecule has 4 amide bonds. The molecule has 2 N–H and O–H groups in total. The Labute approximate surface area is 131 Å². The maximum Gasteiger partial charge on any atom is 0.324 e. The zero-order valence-corrected chi connectivity index (χ0v) is 12.3. The molecule has 23 heavy (non-hydrogen) atoms. The lowest BCUT2D eigenvalue weighted by molar-refractivity contribution is -0.126. The molecule has 2 saturated heterocycles. The van der Waals surface area contributed by atoms with Gasteiger partial charge in [-0.15, -0.1) is 0 Å². The molecule has 1 atom stereocenters. The fraction of sp³-hybridized carbons (Fsp3) is 0.333. The average Bonchev–Trinajstić information content (AvgIpc) is 3.26. The fourth-order valence-corrected chi connectivity index (χ4v) is 3.19. The lowest BCUT2D eigenvalue weighted by Gasteiger charge is -2.21. The predicted octanol–water partition coefficient (Wildman–Crippen LogP) is 0.329. The van der Waals surface area contributed by atoms with E-state index in [1.165, 1.54) is 4.90 Å². The lowest BCUT2D eigenvalue weighted by Crippen LogP contribution is -2.42. The van der Waals surface area contributed by atoms with E-state index in [0.717, 1.165) is 11.0 Å². The van der Waals surface area contributed by atoms with E-state index < -0.39 is 0 Å². The molecule has 4 rings (SSSR count). The number of likely N-dealkylation sites (tertiary alicyclic amines) is 1. The Morgan fingerprint density at radius 2 is 2.17 bits per heavy atom. The van der Waals surface area contributed by atoms with E-state index in [-0.39, 0.29) is 30.4 Å². The van der Waals surface area contributed by atoms with Crippen LogP contribution >= 0.6 is 0 Å². The third-order valence-corrected chi connectivity index (χ3v) is 4.36. The highest BCUT2D eigenvalue weighted by Gasteiger charge is 2.39. The van der Waals surface area contributed by atoms with Gasteiger partial charge in [-0.1, -0.05) is 0 Å². The van der Waals surface area contributed by atoms with Gasteiger partial charge in [-0.3, -0.25) is 14.5 Å². The number of carbonyl (C=O) groups is 3. The topological polar surface area (TPSA) is 98.4 Å². The van der Waals surface area contributed by atoms with Crippen LogP contribution in [0.1, 0.15) is 16.8 Å². The van der Waals surface area contributed by atoms with E-state index >= 15 is 0 Å². The quantitative estimate of drug-likeness (QED) is 0.781. The molecule has 0 radical (unpaired) electrons. The number of aromatic nitrogens is 2. The number of nitrogens with zero attached hydrogens (tertiary/aromatic N) is 3. The molecule has 2 fully saturated rings. The minimum atomic E-state index is -0.367. The van der Waals surface area contributed by atoms with Crippen molar-refractivity contribution in [2.24, 2.45) is 0 Å². The molecule has 2 aromatic rings. The van der Waals surface area contributed by atoms with Gasteiger partial charge in [-0.05, 0) is 24.6 Å². The Balaban J connectivity index is 1.51. The van der Waals surface area contributed by atoms with Crippen LogP contribution in [0.4, 0.5) is 4.79 Å². The van der Waals surface area contributed by atoms with Gasteiger partial charge in [0.25, 0.3) is 5.91 Å². The number of imidazole rings is 1. The summed E-state index contributed by atoms with van der Waals surface area (Å²) >= 11 is 0. The van der Waals surface area contributed by atoms with Crippen LogP contribution in [0.3, 0.4) is 0 Å². The van der Waals surface area contributed by atoms with Gasteiger partial charge in [0.2, 0.25) is 5.91 Å². The van der Waals surface area contributed by atoms with Crippen LogP contribution in [-0.4, -0.2) is 63.3 Å². The summed E-state index contributed by atoms with van der Waals surface area (Å²) in [5, 5.41) is 2.51. The Morgan fingerprint density at radius 3 is 2.96 bits per heavy atom. The van der Waals surface area contributed by atoms with Gasteiger partial charge < -0.3 is 15.2 Å². The highest BCUT2D eigenvalue weighted by atomic mass is 16.2. The third-order valence-electron chi connectivity index (χ3n) is 4.36. The molecule has 3 heterocycles. The summed E-state index contributed by atoms with van der Waals surface area (Å²) < 4.78 is 0. The number of fused-ring (bicyclic) bond motifs is 1. The van der Waals surface area contributed by atoms with Crippen molar-refractivity contribution in [3.63, 3.8) is 0 Å². The van der Waals surface area contributed by atoms with E-state index in [0.29, 0.717) is 25.1 Å². The van der Waals surface area contributed by atoms with Crippen molar-refractivity contribution < 1.29 is 14.4 Å². The monoisotopic (exact) mass is 313 g/mol. The van der Waals surface area contributed by atoms with E-state index in [9.17, 15) is 14.4 Å². The van der Waals surface area contributed by atoms with Gasteiger partial charge in [0.05, 0.1) is 29.9 Å². The smallest absolute Gasteiger partial charge is 0.324 e. The van der Waals surface area contributed by atoms with Gasteiger partial charge in [0, 0.05) is 18.7 Å². The van der Waals surface area contributed by atoms with Crippen LogP contribution in [0, 0.1) is 0 Å². The van der Waals surface area contributed by atoms with Crippen molar-refractivity contribution in [2.45, 2.75) is 12.5 Å². The zero-order valence-electron chi connectivity index (χ0n) is 12.3. The first-order valence-corrected chi connectivity index (χ1v) is 7.46.